The van der Waals surface area contributed by atoms with Crippen molar-refractivity contribution in [3.63, 3.8) is 0 Å². The fourth-order valence-electron chi connectivity index (χ4n) is 3.17. The van der Waals surface area contributed by atoms with Gasteiger partial charge in [-0.1, -0.05) is 13.0 Å². The summed E-state index contributed by atoms with van der Waals surface area (Å²) in [4.78, 5) is 33.5. The van der Waals surface area contributed by atoms with Crippen molar-refractivity contribution in [2.45, 2.75) is 25.8 Å². The first-order valence-corrected chi connectivity index (χ1v) is 9.00. The van der Waals surface area contributed by atoms with Gasteiger partial charge in [-0.05, 0) is 36.6 Å². The maximum atomic E-state index is 12.6. The van der Waals surface area contributed by atoms with Crippen LogP contribution in [0, 0.1) is 5.92 Å². The minimum atomic E-state index is -0.313. The Morgan fingerprint density at radius 1 is 1.26 bits per heavy atom. The molecule has 1 aliphatic carbocycles. The van der Waals surface area contributed by atoms with Crippen molar-refractivity contribution in [3.05, 3.63) is 65.4 Å². The number of carbonyl (C=O) groups is 2. The lowest BCUT2D eigenvalue weighted by Gasteiger charge is -2.10. The molecule has 3 aromatic rings. The quantitative estimate of drug-likeness (QED) is 0.724. The molecule has 3 aromatic heterocycles. The molecule has 1 aliphatic rings. The lowest BCUT2D eigenvalue weighted by Crippen LogP contribution is -2.28. The summed E-state index contributed by atoms with van der Waals surface area (Å²) in [5.74, 6) is 0.0260. The zero-order valence-electron chi connectivity index (χ0n) is 15.3. The summed E-state index contributed by atoms with van der Waals surface area (Å²) in [5.41, 5.74) is 3.17. The Bertz CT molecular complexity index is 1030. The van der Waals surface area contributed by atoms with Gasteiger partial charge in [0.1, 0.15) is 11.3 Å². The predicted molar refractivity (Wildman–Crippen MR) is 101 cm³/mol. The predicted octanol–water partition coefficient (Wildman–Crippen LogP) is 1.82. The average molecular weight is 363 g/mol. The van der Waals surface area contributed by atoms with Crippen molar-refractivity contribution in [2.24, 2.45) is 5.92 Å². The third kappa shape index (κ3) is 3.53. The van der Waals surface area contributed by atoms with E-state index in [1.165, 1.54) is 0 Å². The maximum Gasteiger partial charge on any atom is 0.269 e. The second-order valence-corrected chi connectivity index (χ2v) is 6.95. The van der Waals surface area contributed by atoms with E-state index in [0.29, 0.717) is 23.6 Å². The molecule has 0 aromatic carbocycles. The molecule has 3 heterocycles. The number of carbonyl (C=O) groups excluding carboxylic acids is 2. The molecule has 4 rings (SSSR count). The van der Waals surface area contributed by atoms with Gasteiger partial charge in [0, 0.05) is 48.9 Å². The minimum Gasteiger partial charge on any atom is -0.354 e. The van der Waals surface area contributed by atoms with E-state index in [1.807, 2.05) is 28.8 Å². The molecule has 7 heteroatoms. The van der Waals surface area contributed by atoms with Crippen LogP contribution in [0.4, 0.5) is 0 Å². The number of imidazole rings is 1. The smallest absolute Gasteiger partial charge is 0.269 e. The van der Waals surface area contributed by atoms with Gasteiger partial charge in [0.2, 0.25) is 0 Å². The molecule has 1 saturated carbocycles. The molecule has 138 valence electrons. The molecule has 0 spiro atoms. The molecule has 0 aliphatic heterocycles. The summed E-state index contributed by atoms with van der Waals surface area (Å²) >= 11 is 0. The topological polar surface area (TPSA) is 88.4 Å². The second kappa shape index (κ2) is 6.83. The van der Waals surface area contributed by atoms with Crippen molar-refractivity contribution in [2.75, 3.05) is 7.05 Å². The number of hydrogen-bond donors (Lipinski definition) is 2. The van der Waals surface area contributed by atoms with E-state index in [2.05, 4.69) is 27.5 Å². The van der Waals surface area contributed by atoms with E-state index >= 15 is 0 Å². The van der Waals surface area contributed by atoms with Crippen molar-refractivity contribution in [1.29, 1.82) is 0 Å². The van der Waals surface area contributed by atoms with Gasteiger partial charge in [0.25, 0.3) is 11.8 Å². The van der Waals surface area contributed by atoms with Crippen LogP contribution in [0.25, 0.3) is 5.65 Å². The number of nitrogens with one attached hydrogen (secondary N) is 2. The number of rotatable bonds is 5. The van der Waals surface area contributed by atoms with Gasteiger partial charge in [-0.25, -0.2) is 9.97 Å². The Kier molecular flexibility index (Phi) is 4.35. The van der Waals surface area contributed by atoms with E-state index in [0.717, 1.165) is 17.8 Å². The molecular weight excluding hydrogens is 342 g/mol. The second-order valence-electron chi connectivity index (χ2n) is 6.95. The van der Waals surface area contributed by atoms with E-state index in [-0.39, 0.29) is 23.6 Å². The highest BCUT2D eigenvalue weighted by Crippen LogP contribution is 2.29. The van der Waals surface area contributed by atoms with Crippen LogP contribution in [-0.4, -0.2) is 39.3 Å². The lowest BCUT2D eigenvalue weighted by molar-refractivity contribution is 0.0949. The van der Waals surface area contributed by atoms with Gasteiger partial charge >= 0.3 is 0 Å². The number of amides is 2. The summed E-state index contributed by atoms with van der Waals surface area (Å²) in [6, 6.07) is 9.36. The molecule has 27 heavy (non-hydrogen) atoms. The van der Waals surface area contributed by atoms with Crippen LogP contribution in [0.15, 0.2) is 42.7 Å². The fraction of sp³-hybridized carbons (Fsp3) is 0.300. The van der Waals surface area contributed by atoms with Crippen LogP contribution < -0.4 is 10.6 Å². The van der Waals surface area contributed by atoms with E-state index < -0.39 is 0 Å². The van der Waals surface area contributed by atoms with Crippen LogP contribution in [0.2, 0.25) is 0 Å². The Morgan fingerprint density at radius 2 is 2.07 bits per heavy atom. The molecule has 0 bridgehead atoms. The molecule has 2 amide bonds. The van der Waals surface area contributed by atoms with Crippen LogP contribution in [-0.2, 0) is 6.42 Å². The Hall–Kier alpha value is -3.22. The van der Waals surface area contributed by atoms with Gasteiger partial charge in [-0.3, -0.25) is 9.59 Å². The molecule has 1 fully saturated rings. The van der Waals surface area contributed by atoms with Gasteiger partial charge in [-0.2, -0.15) is 0 Å². The highest BCUT2D eigenvalue weighted by atomic mass is 16.2. The van der Waals surface area contributed by atoms with Gasteiger partial charge < -0.3 is 15.0 Å². The van der Waals surface area contributed by atoms with E-state index in [1.54, 1.807) is 25.4 Å². The average Bonchev–Trinajstić information content (AvgIpc) is 3.16. The SMILES string of the molecule is CNC(=O)c1cc(C(=O)N[C@H]2C[C@@H]2C)cc(Cc2cccc3nccn23)n1. The Labute approximate surface area is 156 Å². The first-order valence-electron chi connectivity index (χ1n) is 9.00. The summed E-state index contributed by atoms with van der Waals surface area (Å²) in [6.07, 6.45) is 5.10. The Morgan fingerprint density at radius 3 is 2.81 bits per heavy atom. The maximum absolute atomic E-state index is 12.6. The largest absolute Gasteiger partial charge is 0.354 e. The van der Waals surface area contributed by atoms with Crippen molar-refractivity contribution < 1.29 is 9.59 Å². The summed E-state index contributed by atoms with van der Waals surface area (Å²) < 4.78 is 1.97. The van der Waals surface area contributed by atoms with E-state index in [4.69, 9.17) is 0 Å². The Balaban J connectivity index is 1.68. The van der Waals surface area contributed by atoms with Crippen LogP contribution >= 0.6 is 0 Å². The number of aromatic nitrogens is 3. The highest BCUT2D eigenvalue weighted by Gasteiger charge is 2.34. The van der Waals surface area contributed by atoms with Crippen LogP contribution in [0.1, 0.15) is 45.6 Å². The molecule has 0 radical (unpaired) electrons. The van der Waals surface area contributed by atoms with Crippen molar-refractivity contribution >= 4 is 17.5 Å². The summed E-state index contributed by atoms with van der Waals surface area (Å²) in [5, 5.41) is 5.58. The number of nitrogens with zero attached hydrogens (tertiary/aromatic N) is 3. The monoisotopic (exact) mass is 363 g/mol. The fourth-order valence-corrected chi connectivity index (χ4v) is 3.17. The molecular formula is C20H21N5O2. The lowest BCUT2D eigenvalue weighted by atomic mass is 10.1. The van der Waals surface area contributed by atoms with Crippen molar-refractivity contribution in [1.82, 2.24) is 25.0 Å². The number of hydrogen-bond acceptors (Lipinski definition) is 4. The first-order chi connectivity index (χ1) is 13.0. The highest BCUT2D eigenvalue weighted by molar-refractivity contribution is 5.98. The number of fused-ring (bicyclic) bond motifs is 1. The molecule has 2 atom stereocenters. The van der Waals surface area contributed by atoms with Crippen LogP contribution in [0.3, 0.4) is 0 Å². The molecule has 0 saturated heterocycles. The zero-order chi connectivity index (χ0) is 19.0. The molecule has 0 unspecified atom stereocenters. The van der Waals surface area contributed by atoms with Crippen molar-refractivity contribution in [3.8, 4) is 0 Å². The van der Waals surface area contributed by atoms with Crippen LogP contribution in [0.5, 0.6) is 0 Å². The molecule has 2 N–H and O–H groups in total. The minimum absolute atomic E-state index is 0.168. The third-order valence-electron chi connectivity index (χ3n) is 4.90. The molecule has 7 nitrogen and oxygen atoms in total. The normalized spacial score (nSPS) is 18.3. The zero-order valence-corrected chi connectivity index (χ0v) is 15.3. The summed E-state index contributed by atoms with van der Waals surface area (Å²) in [7, 11) is 1.55. The van der Waals surface area contributed by atoms with Gasteiger partial charge in [0.05, 0.1) is 0 Å². The first kappa shape index (κ1) is 17.2. The van der Waals surface area contributed by atoms with Gasteiger partial charge in [0.15, 0.2) is 0 Å². The van der Waals surface area contributed by atoms with E-state index in [9.17, 15) is 9.59 Å². The third-order valence-corrected chi connectivity index (χ3v) is 4.90. The summed E-state index contributed by atoms with van der Waals surface area (Å²) in [6.45, 7) is 2.10. The van der Waals surface area contributed by atoms with Gasteiger partial charge in [-0.15, -0.1) is 0 Å². The standard InChI is InChI=1S/C20H21N5O2/c1-12-8-16(12)24-19(26)13-9-14(23-17(10-13)20(27)21-2)11-15-4-3-5-18-22-6-7-25(15)18/h3-7,9-10,12,16H,8,11H2,1-2H3,(H,21,27)(H,24,26)/t12-,16-/m0/s1. The number of pyridine rings is 2.